The Hall–Kier alpha value is -2.96. The van der Waals surface area contributed by atoms with Gasteiger partial charge < -0.3 is 4.74 Å². The third kappa shape index (κ3) is 3.37. The molecule has 1 aliphatic rings. The molecule has 7 heteroatoms. The third-order valence-corrected chi connectivity index (χ3v) is 5.10. The molecular formula is C20H23N5O2. The fourth-order valence-corrected chi connectivity index (χ4v) is 3.79. The Bertz CT molecular complexity index is 948. The molecule has 1 saturated carbocycles. The maximum atomic E-state index is 13.0. The number of fused-ring (bicyclic) bond motifs is 1. The molecule has 0 aliphatic heterocycles. The molecule has 4 rings (SSSR count). The molecule has 0 unspecified atom stereocenters. The van der Waals surface area contributed by atoms with Crippen LogP contribution in [0.15, 0.2) is 36.8 Å². The lowest BCUT2D eigenvalue weighted by atomic mass is 9.88. The van der Waals surface area contributed by atoms with Gasteiger partial charge in [0.05, 0.1) is 5.69 Å². The van der Waals surface area contributed by atoms with E-state index in [2.05, 4.69) is 15.0 Å². The normalized spacial score (nSPS) is 15.0. The van der Waals surface area contributed by atoms with Crippen molar-refractivity contribution in [2.24, 2.45) is 5.92 Å². The zero-order valence-electron chi connectivity index (χ0n) is 15.6. The molecule has 0 radical (unpaired) electrons. The number of ether oxygens (including phenoxy) is 1. The van der Waals surface area contributed by atoms with Crippen LogP contribution in [-0.2, 0) is 4.79 Å². The minimum atomic E-state index is 0.103. The lowest BCUT2D eigenvalue weighted by Crippen LogP contribution is -2.35. The molecule has 3 aromatic heterocycles. The predicted molar refractivity (Wildman–Crippen MR) is 102 cm³/mol. The number of imidazole rings is 1. The number of carbonyl (C=O) groups is 1. The van der Waals surface area contributed by atoms with E-state index in [4.69, 9.17) is 4.74 Å². The van der Waals surface area contributed by atoms with Crippen LogP contribution in [0.2, 0.25) is 0 Å². The molecular weight excluding hydrogens is 342 g/mol. The summed E-state index contributed by atoms with van der Waals surface area (Å²) in [6.07, 6.45) is 10.6. The Balaban J connectivity index is 1.68. The average molecular weight is 365 g/mol. The largest absolute Gasteiger partial charge is 0.420 e. The lowest BCUT2D eigenvalue weighted by Gasteiger charge is -2.26. The zero-order valence-corrected chi connectivity index (χ0v) is 15.6. The van der Waals surface area contributed by atoms with Crippen LogP contribution >= 0.6 is 0 Å². The van der Waals surface area contributed by atoms with Crippen molar-refractivity contribution in [3.63, 3.8) is 0 Å². The van der Waals surface area contributed by atoms with Gasteiger partial charge in [0, 0.05) is 31.6 Å². The van der Waals surface area contributed by atoms with Crippen LogP contribution in [0.4, 0.5) is 5.82 Å². The van der Waals surface area contributed by atoms with E-state index in [-0.39, 0.29) is 17.8 Å². The number of hydrogen-bond donors (Lipinski definition) is 0. The maximum absolute atomic E-state index is 13.0. The summed E-state index contributed by atoms with van der Waals surface area (Å²) in [5, 5.41) is 0. The van der Waals surface area contributed by atoms with E-state index in [1.807, 2.05) is 36.7 Å². The molecule has 27 heavy (non-hydrogen) atoms. The maximum Gasteiger partial charge on any atom is 0.321 e. The zero-order chi connectivity index (χ0) is 18.8. The first kappa shape index (κ1) is 17.5. The summed E-state index contributed by atoms with van der Waals surface area (Å²) in [7, 11) is 1.83. The molecule has 0 aromatic carbocycles. The van der Waals surface area contributed by atoms with E-state index in [0.717, 1.165) is 37.2 Å². The molecule has 1 amide bonds. The topological polar surface area (TPSA) is 72.6 Å². The number of anilines is 1. The molecule has 0 atom stereocenters. The molecule has 3 heterocycles. The minimum absolute atomic E-state index is 0.103. The van der Waals surface area contributed by atoms with Crippen LogP contribution < -0.4 is 9.64 Å². The molecule has 0 bridgehead atoms. The van der Waals surface area contributed by atoms with Crippen molar-refractivity contribution in [1.82, 2.24) is 19.4 Å². The van der Waals surface area contributed by atoms with Crippen molar-refractivity contribution >= 4 is 17.4 Å². The van der Waals surface area contributed by atoms with Crippen LogP contribution in [0.5, 0.6) is 11.8 Å². The first-order chi connectivity index (χ1) is 13.1. The van der Waals surface area contributed by atoms with Gasteiger partial charge in [-0.1, -0.05) is 19.3 Å². The van der Waals surface area contributed by atoms with Gasteiger partial charge in [0.2, 0.25) is 5.91 Å². The lowest BCUT2D eigenvalue weighted by molar-refractivity contribution is -0.123. The Morgan fingerprint density at radius 3 is 2.67 bits per heavy atom. The number of amides is 1. The van der Waals surface area contributed by atoms with Crippen LogP contribution in [0.3, 0.4) is 0 Å². The van der Waals surface area contributed by atoms with Gasteiger partial charge in [-0.2, -0.15) is 0 Å². The van der Waals surface area contributed by atoms with Gasteiger partial charge in [0.25, 0.3) is 0 Å². The summed E-state index contributed by atoms with van der Waals surface area (Å²) in [4.78, 5) is 27.6. The standard InChI is InChI=1S/C20H23N5O2/c1-14-18(24(2)19(26)15-8-4-3-5-9-15)25-13-6-10-16(17(25)23-14)27-20-21-11-7-12-22-20/h6-7,10-13,15H,3-5,8-9H2,1-2H3. The number of nitrogens with zero attached hydrogens (tertiary/aromatic N) is 5. The van der Waals surface area contributed by atoms with Crippen molar-refractivity contribution in [3.05, 3.63) is 42.5 Å². The smallest absolute Gasteiger partial charge is 0.321 e. The van der Waals surface area contributed by atoms with E-state index in [0.29, 0.717) is 11.4 Å². The van der Waals surface area contributed by atoms with E-state index >= 15 is 0 Å². The van der Waals surface area contributed by atoms with Gasteiger partial charge in [0.1, 0.15) is 5.82 Å². The van der Waals surface area contributed by atoms with Crippen LogP contribution in [0, 0.1) is 12.8 Å². The highest BCUT2D eigenvalue weighted by Gasteiger charge is 2.28. The quantitative estimate of drug-likeness (QED) is 0.704. The van der Waals surface area contributed by atoms with Crippen LogP contribution in [0.1, 0.15) is 37.8 Å². The van der Waals surface area contributed by atoms with Gasteiger partial charge in [-0.05, 0) is 38.0 Å². The monoisotopic (exact) mass is 365 g/mol. The third-order valence-electron chi connectivity index (χ3n) is 5.10. The summed E-state index contributed by atoms with van der Waals surface area (Å²) in [6, 6.07) is 5.69. The Labute approximate surface area is 158 Å². The molecule has 1 aliphatic carbocycles. The van der Waals surface area contributed by atoms with Crippen LogP contribution in [0.25, 0.3) is 5.65 Å². The first-order valence-corrected chi connectivity index (χ1v) is 9.35. The molecule has 140 valence electrons. The second kappa shape index (κ2) is 7.34. The van der Waals surface area contributed by atoms with Crippen molar-refractivity contribution in [2.45, 2.75) is 39.0 Å². The second-order valence-corrected chi connectivity index (χ2v) is 6.95. The van der Waals surface area contributed by atoms with Crippen molar-refractivity contribution in [1.29, 1.82) is 0 Å². The molecule has 0 saturated heterocycles. The second-order valence-electron chi connectivity index (χ2n) is 6.95. The minimum Gasteiger partial charge on any atom is -0.420 e. The Kier molecular flexibility index (Phi) is 4.75. The summed E-state index contributed by atoms with van der Waals surface area (Å²) in [6.45, 7) is 1.91. The first-order valence-electron chi connectivity index (χ1n) is 9.35. The number of pyridine rings is 1. The van der Waals surface area contributed by atoms with Crippen molar-refractivity contribution < 1.29 is 9.53 Å². The van der Waals surface area contributed by atoms with Crippen LogP contribution in [-0.4, -0.2) is 32.3 Å². The summed E-state index contributed by atoms with van der Waals surface area (Å²) in [5.41, 5.74) is 1.42. The predicted octanol–water partition coefficient (Wildman–Crippen LogP) is 3.77. The molecule has 3 aromatic rings. The van der Waals surface area contributed by atoms with Gasteiger partial charge >= 0.3 is 6.01 Å². The summed E-state index contributed by atoms with van der Waals surface area (Å²) in [5.74, 6) is 1.60. The highest BCUT2D eigenvalue weighted by atomic mass is 16.5. The van der Waals surface area contributed by atoms with Gasteiger partial charge in [-0.25, -0.2) is 15.0 Å². The fraction of sp³-hybridized carbons (Fsp3) is 0.400. The highest BCUT2D eigenvalue weighted by Crippen LogP contribution is 2.31. The number of hydrogen-bond acceptors (Lipinski definition) is 5. The number of aryl methyl sites for hydroxylation is 1. The van der Waals surface area contributed by atoms with E-state index in [1.165, 1.54) is 6.42 Å². The number of rotatable bonds is 4. The molecule has 0 N–H and O–H groups in total. The van der Waals surface area contributed by atoms with Gasteiger partial charge in [0.15, 0.2) is 11.4 Å². The summed E-state index contributed by atoms with van der Waals surface area (Å²) >= 11 is 0. The molecule has 0 spiro atoms. The van der Waals surface area contributed by atoms with Crippen molar-refractivity contribution in [2.75, 3.05) is 11.9 Å². The van der Waals surface area contributed by atoms with E-state index < -0.39 is 0 Å². The number of carbonyl (C=O) groups excluding carboxylic acids is 1. The fourth-order valence-electron chi connectivity index (χ4n) is 3.79. The van der Waals surface area contributed by atoms with Gasteiger partial charge in [-0.15, -0.1) is 0 Å². The summed E-state index contributed by atoms with van der Waals surface area (Å²) < 4.78 is 7.70. The SMILES string of the molecule is Cc1nc2c(Oc3ncccn3)cccn2c1N(C)C(=O)C1CCCCC1. The number of aromatic nitrogens is 4. The van der Waals surface area contributed by atoms with Gasteiger partial charge in [-0.3, -0.25) is 14.1 Å². The van der Waals surface area contributed by atoms with E-state index in [1.54, 1.807) is 23.4 Å². The average Bonchev–Trinajstić information content (AvgIpc) is 3.05. The molecule has 7 nitrogen and oxygen atoms in total. The van der Waals surface area contributed by atoms with E-state index in [9.17, 15) is 4.79 Å². The molecule has 1 fully saturated rings. The Morgan fingerprint density at radius 1 is 1.19 bits per heavy atom. The Morgan fingerprint density at radius 2 is 1.93 bits per heavy atom. The highest BCUT2D eigenvalue weighted by molar-refractivity contribution is 5.95. The van der Waals surface area contributed by atoms with Crippen molar-refractivity contribution in [3.8, 4) is 11.8 Å².